The van der Waals surface area contributed by atoms with Gasteiger partial charge in [-0.1, -0.05) is 13.3 Å². The monoisotopic (exact) mass is 296 g/mol. The number of thioether (sulfide) groups is 1. The standard InChI is InChI=1S/C14H24N4OS/c1-4-8-15-13-12(19-2)14(17-9-16-13)18-10-6-5-7-11(10)20-3/h9-11H,4-8H2,1-3H3,(H2,15,16,17,18). The van der Waals surface area contributed by atoms with Gasteiger partial charge in [-0.05, 0) is 25.5 Å². The van der Waals surface area contributed by atoms with E-state index < -0.39 is 0 Å². The van der Waals surface area contributed by atoms with Crippen LogP contribution in [-0.4, -0.2) is 41.2 Å². The first kappa shape index (κ1) is 15.2. The molecule has 0 spiro atoms. The lowest BCUT2D eigenvalue weighted by Gasteiger charge is -2.21. The first-order valence-corrected chi connectivity index (χ1v) is 8.51. The summed E-state index contributed by atoms with van der Waals surface area (Å²) in [7, 11) is 1.67. The molecule has 1 heterocycles. The zero-order valence-electron chi connectivity index (χ0n) is 12.5. The smallest absolute Gasteiger partial charge is 0.204 e. The molecule has 2 unspecified atom stereocenters. The van der Waals surface area contributed by atoms with E-state index in [1.165, 1.54) is 19.3 Å². The van der Waals surface area contributed by atoms with Gasteiger partial charge in [0.1, 0.15) is 6.33 Å². The zero-order valence-corrected chi connectivity index (χ0v) is 13.3. The predicted octanol–water partition coefficient (Wildman–Crippen LogP) is 3.00. The summed E-state index contributed by atoms with van der Waals surface area (Å²) in [6.07, 6.45) is 8.55. The number of aromatic nitrogens is 2. The van der Waals surface area contributed by atoms with Crippen molar-refractivity contribution in [2.24, 2.45) is 0 Å². The molecule has 0 bridgehead atoms. The van der Waals surface area contributed by atoms with Gasteiger partial charge in [0.25, 0.3) is 0 Å². The topological polar surface area (TPSA) is 59.1 Å². The van der Waals surface area contributed by atoms with E-state index in [0.717, 1.165) is 24.6 Å². The number of anilines is 2. The summed E-state index contributed by atoms with van der Waals surface area (Å²) in [6.45, 7) is 3.01. The fraction of sp³-hybridized carbons (Fsp3) is 0.714. The van der Waals surface area contributed by atoms with E-state index in [9.17, 15) is 0 Å². The minimum Gasteiger partial charge on any atom is -0.490 e. The average molecular weight is 296 g/mol. The van der Waals surface area contributed by atoms with Crippen LogP contribution in [0, 0.1) is 0 Å². The summed E-state index contributed by atoms with van der Waals surface area (Å²) < 4.78 is 5.50. The molecule has 2 rings (SSSR count). The Morgan fingerprint density at radius 2 is 2.15 bits per heavy atom. The number of nitrogens with one attached hydrogen (secondary N) is 2. The highest BCUT2D eigenvalue weighted by molar-refractivity contribution is 7.99. The van der Waals surface area contributed by atoms with Gasteiger partial charge in [0.15, 0.2) is 11.6 Å². The van der Waals surface area contributed by atoms with Crippen LogP contribution in [0.4, 0.5) is 11.6 Å². The fourth-order valence-electron chi connectivity index (χ4n) is 2.59. The highest BCUT2D eigenvalue weighted by atomic mass is 32.2. The molecule has 0 saturated heterocycles. The normalized spacial score (nSPS) is 21.8. The molecule has 1 aromatic heterocycles. The van der Waals surface area contributed by atoms with Crippen molar-refractivity contribution in [1.82, 2.24) is 9.97 Å². The number of methoxy groups -OCH3 is 1. The van der Waals surface area contributed by atoms with Crippen LogP contribution in [0.5, 0.6) is 5.75 Å². The van der Waals surface area contributed by atoms with Crippen molar-refractivity contribution in [3.8, 4) is 5.75 Å². The van der Waals surface area contributed by atoms with Crippen LogP contribution in [-0.2, 0) is 0 Å². The Kier molecular flexibility index (Phi) is 5.76. The van der Waals surface area contributed by atoms with Gasteiger partial charge in [-0.15, -0.1) is 0 Å². The lowest BCUT2D eigenvalue weighted by molar-refractivity contribution is 0.414. The van der Waals surface area contributed by atoms with Crippen LogP contribution in [0.15, 0.2) is 6.33 Å². The Labute approximate surface area is 125 Å². The maximum absolute atomic E-state index is 5.50. The van der Waals surface area contributed by atoms with Crippen molar-refractivity contribution in [3.63, 3.8) is 0 Å². The number of rotatable bonds is 7. The molecule has 0 radical (unpaired) electrons. The molecule has 2 N–H and O–H groups in total. The molecular weight excluding hydrogens is 272 g/mol. The third-order valence-electron chi connectivity index (χ3n) is 3.63. The van der Waals surface area contributed by atoms with Gasteiger partial charge in [-0.3, -0.25) is 0 Å². The molecule has 0 amide bonds. The Morgan fingerprint density at radius 1 is 1.35 bits per heavy atom. The summed E-state index contributed by atoms with van der Waals surface area (Å²) in [5.74, 6) is 2.28. The second-order valence-corrected chi connectivity index (χ2v) is 6.06. The maximum atomic E-state index is 5.50. The van der Waals surface area contributed by atoms with Crippen LogP contribution < -0.4 is 15.4 Å². The molecule has 2 atom stereocenters. The van der Waals surface area contributed by atoms with Crippen molar-refractivity contribution in [3.05, 3.63) is 6.33 Å². The second kappa shape index (κ2) is 7.57. The Morgan fingerprint density at radius 3 is 2.85 bits per heavy atom. The summed E-state index contributed by atoms with van der Waals surface area (Å²) >= 11 is 1.93. The second-order valence-electron chi connectivity index (χ2n) is 4.99. The Balaban J connectivity index is 2.14. The van der Waals surface area contributed by atoms with Crippen LogP contribution in [0.3, 0.4) is 0 Å². The molecule has 1 fully saturated rings. The first-order valence-electron chi connectivity index (χ1n) is 7.22. The SMILES string of the molecule is CCCNc1ncnc(NC2CCCC2SC)c1OC. The Hall–Kier alpha value is -1.17. The van der Waals surface area contributed by atoms with Crippen molar-refractivity contribution in [2.75, 3.05) is 30.5 Å². The molecule has 1 aliphatic rings. The number of nitrogens with zero attached hydrogens (tertiary/aromatic N) is 2. The van der Waals surface area contributed by atoms with Crippen molar-refractivity contribution in [1.29, 1.82) is 0 Å². The van der Waals surface area contributed by atoms with Gasteiger partial charge < -0.3 is 15.4 Å². The molecule has 1 saturated carbocycles. The van der Waals surface area contributed by atoms with Crippen molar-refractivity contribution >= 4 is 23.4 Å². The summed E-state index contributed by atoms with van der Waals surface area (Å²) in [6, 6.07) is 0.466. The Bertz CT molecular complexity index is 430. The van der Waals surface area contributed by atoms with Gasteiger partial charge in [-0.25, -0.2) is 9.97 Å². The quantitative estimate of drug-likeness (QED) is 0.806. The molecule has 0 aromatic carbocycles. The third-order valence-corrected chi connectivity index (χ3v) is 4.80. The molecule has 20 heavy (non-hydrogen) atoms. The molecule has 6 heteroatoms. The van der Waals surface area contributed by atoms with E-state index in [1.54, 1.807) is 13.4 Å². The minimum atomic E-state index is 0.466. The van der Waals surface area contributed by atoms with Gasteiger partial charge in [0.05, 0.1) is 7.11 Å². The molecule has 0 aliphatic heterocycles. The van der Waals surface area contributed by atoms with Crippen molar-refractivity contribution in [2.45, 2.75) is 43.9 Å². The number of hydrogen-bond donors (Lipinski definition) is 2. The van der Waals surface area contributed by atoms with E-state index in [4.69, 9.17) is 4.74 Å². The van der Waals surface area contributed by atoms with E-state index in [2.05, 4.69) is 33.8 Å². The lowest BCUT2D eigenvalue weighted by Crippen LogP contribution is -2.26. The first-order chi connectivity index (χ1) is 9.80. The minimum absolute atomic E-state index is 0.466. The van der Waals surface area contributed by atoms with Crippen LogP contribution in [0.1, 0.15) is 32.6 Å². The lowest BCUT2D eigenvalue weighted by atomic mass is 10.2. The van der Waals surface area contributed by atoms with Crippen LogP contribution in [0.2, 0.25) is 0 Å². The van der Waals surface area contributed by atoms with E-state index in [0.29, 0.717) is 17.0 Å². The molecule has 112 valence electrons. The van der Waals surface area contributed by atoms with Crippen LogP contribution in [0.25, 0.3) is 0 Å². The molecule has 1 aliphatic carbocycles. The largest absolute Gasteiger partial charge is 0.490 e. The van der Waals surface area contributed by atoms with Gasteiger partial charge in [-0.2, -0.15) is 11.8 Å². The predicted molar refractivity (Wildman–Crippen MR) is 85.9 cm³/mol. The highest BCUT2D eigenvalue weighted by Gasteiger charge is 2.27. The summed E-state index contributed by atoms with van der Waals surface area (Å²) in [5.41, 5.74) is 0. The molecule has 5 nitrogen and oxygen atoms in total. The summed E-state index contributed by atoms with van der Waals surface area (Å²) in [5, 5.41) is 7.48. The average Bonchev–Trinajstić information content (AvgIpc) is 2.92. The number of hydrogen-bond acceptors (Lipinski definition) is 6. The third kappa shape index (κ3) is 3.48. The highest BCUT2D eigenvalue weighted by Crippen LogP contribution is 2.34. The van der Waals surface area contributed by atoms with E-state index in [-0.39, 0.29) is 0 Å². The van der Waals surface area contributed by atoms with Crippen molar-refractivity contribution < 1.29 is 4.74 Å². The van der Waals surface area contributed by atoms with E-state index >= 15 is 0 Å². The maximum Gasteiger partial charge on any atom is 0.204 e. The van der Waals surface area contributed by atoms with Gasteiger partial charge >= 0.3 is 0 Å². The van der Waals surface area contributed by atoms with Crippen LogP contribution >= 0.6 is 11.8 Å². The number of ether oxygens (including phenoxy) is 1. The molecular formula is C14H24N4OS. The van der Waals surface area contributed by atoms with E-state index in [1.807, 2.05) is 11.8 Å². The fourth-order valence-corrected chi connectivity index (χ4v) is 3.52. The van der Waals surface area contributed by atoms with Gasteiger partial charge in [0.2, 0.25) is 5.75 Å². The zero-order chi connectivity index (χ0) is 14.4. The van der Waals surface area contributed by atoms with Gasteiger partial charge in [0, 0.05) is 17.8 Å². The molecule has 1 aromatic rings. The summed E-state index contributed by atoms with van der Waals surface area (Å²) in [4.78, 5) is 8.62.